The molecule has 1 amide bonds. The summed E-state index contributed by atoms with van der Waals surface area (Å²) >= 11 is 0. The molecular formula is C21H23N3O3. The van der Waals surface area contributed by atoms with Crippen LogP contribution in [-0.4, -0.2) is 41.8 Å². The normalized spacial score (nSPS) is 16.7. The van der Waals surface area contributed by atoms with Crippen LogP contribution in [0.15, 0.2) is 36.4 Å². The molecular weight excluding hydrogens is 342 g/mol. The number of methoxy groups -OCH3 is 2. The lowest BCUT2D eigenvalue weighted by Crippen LogP contribution is -2.31. The fourth-order valence-electron chi connectivity index (χ4n) is 3.85. The third kappa shape index (κ3) is 3.01. The quantitative estimate of drug-likeness (QED) is 0.762. The molecule has 2 aromatic carbocycles. The average molecular weight is 365 g/mol. The van der Waals surface area contributed by atoms with Crippen molar-refractivity contribution in [1.29, 1.82) is 0 Å². The number of H-pyrrole nitrogens is 1. The van der Waals surface area contributed by atoms with E-state index in [9.17, 15) is 4.79 Å². The van der Waals surface area contributed by atoms with Crippen LogP contribution >= 0.6 is 0 Å². The standard InChI is InChI=1S/C21H23N3O3/c1-13-6-9-17-16(11-13)20(23-22-17)21(25)24-10-4-5-18(24)15-8-7-14(26-2)12-19(15)27-3/h6-9,11-12,18H,4-5,10H2,1-3H3,(H,22,23). The van der Waals surface area contributed by atoms with E-state index in [-0.39, 0.29) is 11.9 Å². The van der Waals surface area contributed by atoms with Crippen molar-refractivity contribution in [3.05, 3.63) is 53.2 Å². The molecule has 6 nitrogen and oxygen atoms in total. The van der Waals surface area contributed by atoms with Gasteiger partial charge in [-0.05, 0) is 44.0 Å². The van der Waals surface area contributed by atoms with Crippen molar-refractivity contribution in [1.82, 2.24) is 15.1 Å². The van der Waals surface area contributed by atoms with Gasteiger partial charge in [0.2, 0.25) is 0 Å². The van der Waals surface area contributed by atoms with Crippen molar-refractivity contribution in [3.8, 4) is 11.5 Å². The van der Waals surface area contributed by atoms with Crippen molar-refractivity contribution >= 4 is 16.8 Å². The van der Waals surface area contributed by atoms with Gasteiger partial charge >= 0.3 is 0 Å². The van der Waals surface area contributed by atoms with E-state index in [0.29, 0.717) is 12.2 Å². The molecule has 2 heterocycles. The summed E-state index contributed by atoms with van der Waals surface area (Å²) in [6.45, 7) is 2.72. The van der Waals surface area contributed by atoms with Crippen molar-refractivity contribution in [3.63, 3.8) is 0 Å². The van der Waals surface area contributed by atoms with Crippen molar-refractivity contribution < 1.29 is 14.3 Å². The molecule has 27 heavy (non-hydrogen) atoms. The van der Waals surface area contributed by atoms with Gasteiger partial charge in [0.1, 0.15) is 11.5 Å². The average Bonchev–Trinajstić information content (AvgIpc) is 3.33. The fourth-order valence-corrected chi connectivity index (χ4v) is 3.85. The number of aromatic nitrogens is 2. The highest BCUT2D eigenvalue weighted by Gasteiger charge is 2.34. The van der Waals surface area contributed by atoms with Crippen LogP contribution in [0, 0.1) is 6.92 Å². The van der Waals surface area contributed by atoms with Crippen LogP contribution < -0.4 is 9.47 Å². The molecule has 1 fully saturated rings. The second-order valence-corrected chi connectivity index (χ2v) is 6.89. The van der Waals surface area contributed by atoms with Gasteiger partial charge in [-0.1, -0.05) is 11.6 Å². The first-order chi connectivity index (χ1) is 13.1. The number of ether oxygens (including phenoxy) is 2. The molecule has 6 heteroatoms. The van der Waals surface area contributed by atoms with E-state index in [2.05, 4.69) is 10.2 Å². The Balaban J connectivity index is 1.71. The Morgan fingerprint density at radius 2 is 2.04 bits per heavy atom. The smallest absolute Gasteiger partial charge is 0.275 e. The largest absolute Gasteiger partial charge is 0.497 e. The number of aromatic amines is 1. The highest BCUT2D eigenvalue weighted by atomic mass is 16.5. The highest BCUT2D eigenvalue weighted by Crippen LogP contribution is 2.39. The van der Waals surface area contributed by atoms with E-state index >= 15 is 0 Å². The predicted molar refractivity (Wildman–Crippen MR) is 103 cm³/mol. The summed E-state index contributed by atoms with van der Waals surface area (Å²) in [5.41, 5.74) is 3.46. The Morgan fingerprint density at radius 1 is 1.19 bits per heavy atom. The molecule has 1 saturated heterocycles. The zero-order chi connectivity index (χ0) is 19.0. The molecule has 1 aliphatic heterocycles. The van der Waals surface area contributed by atoms with Gasteiger partial charge < -0.3 is 14.4 Å². The molecule has 0 aliphatic carbocycles. The van der Waals surface area contributed by atoms with Crippen molar-refractivity contribution in [2.24, 2.45) is 0 Å². The van der Waals surface area contributed by atoms with Crippen molar-refractivity contribution in [2.75, 3.05) is 20.8 Å². The first-order valence-electron chi connectivity index (χ1n) is 9.10. The molecule has 140 valence electrons. The zero-order valence-corrected chi connectivity index (χ0v) is 15.8. The van der Waals surface area contributed by atoms with Crippen LogP contribution in [0.4, 0.5) is 0 Å². The molecule has 1 aromatic heterocycles. The molecule has 3 aromatic rings. The summed E-state index contributed by atoms with van der Waals surface area (Å²) in [6, 6.07) is 11.7. The second-order valence-electron chi connectivity index (χ2n) is 6.89. The number of nitrogens with one attached hydrogen (secondary N) is 1. The summed E-state index contributed by atoms with van der Waals surface area (Å²) in [6.07, 6.45) is 1.85. The van der Waals surface area contributed by atoms with Crippen LogP contribution in [0.5, 0.6) is 11.5 Å². The lowest BCUT2D eigenvalue weighted by Gasteiger charge is -2.26. The molecule has 1 N–H and O–H groups in total. The van der Waals surface area contributed by atoms with E-state index in [1.165, 1.54) is 0 Å². The lowest BCUT2D eigenvalue weighted by molar-refractivity contribution is 0.0730. The number of aryl methyl sites for hydroxylation is 1. The van der Waals surface area contributed by atoms with Crippen LogP contribution in [-0.2, 0) is 0 Å². The molecule has 0 radical (unpaired) electrons. The summed E-state index contributed by atoms with van der Waals surface area (Å²) < 4.78 is 10.9. The van der Waals surface area contributed by atoms with Crippen LogP contribution in [0.25, 0.3) is 10.9 Å². The summed E-state index contributed by atoms with van der Waals surface area (Å²) in [7, 11) is 3.27. The van der Waals surface area contributed by atoms with E-state index in [4.69, 9.17) is 9.47 Å². The number of nitrogens with zero attached hydrogens (tertiary/aromatic N) is 2. The number of benzene rings is 2. The Bertz CT molecular complexity index is 996. The summed E-state index contributed by atoms with van der Waals surface area (Å²) in [4.78, 5) is 15.2. The minimum atomic E-state index is -0.0489. The maximum absolute atomic E-state index is 13.3. The number of likely N-dealkylation sites (tertiary alicyclic amines) is 1. The van der Waals surface area contributed by atoms with Gasteiger partial charge in [-0.15, -0.1) is 0 Å². The molecule has 4 rings (SSSR count). The SMILES string of the molecule is COc1ccc(C2CCCN2C(=O)c2n[nH]c3ccc(C)cc23)c(OC)c1. The zero-order valence-electron chi connectivity index (χ0n) is 15.8. The van der Waals surface area contributed by atoms with Gasteiger partial charge in [-0.3, -0.25) is 9.89 Å². The molecule has 1 atom stereocenters. The maximum Gasteiger partial charge on any atom is 0.275 e. The molecule has 0 saturated carbocycles. The first kappa shape index (κ1) is 17.4. The van der Waals surface area contributed by atoms with Gasteiger partial charge in [-0.2, -0.15) is 5.10 Å². The molecule has 0 bridgehead atoms. The number of hydrogen-bond acceptors (Lipinski definition) is 4. The van der Waals surface area contributed by atoms with Gasteiger partial charge in [0, 0.05) is 23.6 Å². The van der Waals surface area contributed by atoms with Gasteiger partial charge in [0.25, 0.3) is 5.91 Å². The maximum atomic E-state index is 13.3. The van der Waals surface area contributed by atoms with Crippen molar-refractivity contribution in [2.45, 2.75) is 25.8 Å². The Morgan fingerprint density at radius 3 is 2.81 bits per heavy atom. The van der Waals surface area contributed by atoms with Gasteiger partial charge in [0.15, 0.2) is 5.69 Å². The Kier molecular flexibility index (Phi) is 4.48. The number of rotatable bonds is 4. The first-order valence-corrected chi connectivity index (χ1v) is 9.10. The highest BCUT2D eigenvalue weighted by molar-refractivity contribution is 6.05. The lowest BCUT2D eigenvalue weighted by atomic mass is 10.0. The number of hydrogen-bond donors (Lipinski definition) is 1. The predicted octanol–water partition coefficient (Wildman–Crippen LogP) is 3.87. The Labute approximate surface area is 158 Å². The minimum Gasteiger partial charge on any atom is -0.497 e. The van der Waals surface area contributed by atoms with E-state index in [1.54, 1.807) is 14.2 Å². The van der Waals surface area contributed by atoms with Gasteiger partial charge in [-0.25, -0.2) is 0 Å². The van der Waals surface area contributed by atoms with E-state index in [1.807, 2.05) is 48.2 Å². The summed E-state index contributed by atoms with van der Waals surface area (Å²) in [5.74, 6) is 1.43. The fraction of sp³-hybridized carbons (Fsp3) is 0.333. The van der Waals surface area contributed by atoms with E-state index < -0.39 is 0 Å². The number of carbonyl (C=O) groups excluding carboxylic acids is 1. The number of fused-ring (bicyclic) bond motifs is 1. The van der Waals surface area contributed by atoms with Crippen LogP contribution in [0.2, 0.25) is 0 Å². The summed E-state index contributed by atoms with van der Waals surface area (Å²) in [5, 5.41) is 8.15. The molecule has 1 aliphatic rings. The monoisotopic (exact) mass is 365 g/mol. The topological polar surface area (TPSA) is 67.5 Å². The molecule has 0 spiro atoms. The molecule has 1 unspecified atom stereocenters. The number of carbonyl (C=O) groups is 1. The van der Waals surface area contributed by atoms with Crippen LogP contribution in [0.3, 0.4) is 0 Å². The van der Waals surface area contributed by atoms with Gasteiger partial charge in [0.05, 0.1) is 25.8 Å². The Hall–Kier alpha value is -3.02. The second kappa shape index (κ2) is 6.95. The third-order valence-corrected chi connectivity index (χ3v) is 5.23. The van der Waals surface area contributed by atoms with E-state index in [0.717, 1.165) is 46.4 Å². The van der Waals surface area contributed by atoms with Crippen LogP contribution in [0.1, 0.15) is 40.5 Å². The third-order valence-electron chi connectivity index (χ3n) is 5.23. The minimum absolute atomic E-state index is 0.0325. The number of amides is 1.